The molecule has 0 unspecified atom stereocenters. The number of fused-ring (bicyclic) bond motifs is 2. The van der Waals surface area contributed by atoms with Gasteiger partial charge in [0.2, 0.25) is 0 Å². The molecule has 0 spiro atoms. The molecule has 1 heterocycles. The third-order valence-electron chi connectivity index (χ3n) is 7.46. The normalized spacial score (nSPS) is 21.0. The SMILES string of the molecule is COc1ccc([C@H]2[C@@H]3CN(Cc4ccccc4)CC=C3C(C#N)=C(N)C2(C#N)C#N)c2ccccc12. The van der Waals surface area contributed by atoms with Crippen LogP contribution in [0.4, 0.5) is 0 Å². The Bertz CT molecular complexity index is 1500. The Kier molecular flexibility index (Phi) is 5.95. The topological polar surface area (TPSA) is 110 Å². The molecule has 5 rings (SSSR count). The van der Waals surface area contributed by atoms with Gasteiger partial charge in [0.25, 0.3) is 0 Å². The summed E-state index contributed by atoms with van der Waals surface area (Å²) in [6.45, 7) is 1.97. The molecule has 2 N–H and O–H groups in total. The number of allylic oxidation sites excluding steroid dienone is 2. The fourth-order valence-electron chi connectivity index (χ4n) is 5.80. The van der Waals surface area contributed by atoms with Gasteiger partial charge in [-0.1, -0.05) is 66.7 Å². The lowest BCUT2D eigenvalue weighted by molar-refractivity contribution is 0.201. The van der Waals surface area contributed by atoms with Crippen molar-refractivity contribution < 1.29 is 4.74 Å². The first-order valence-electron chi connectivity index (χ1n) is 11.8. The highest BCUT2D eigenvalue weighted by molar-refractivity contribution is 5.92. The summed E-state index contributed by atoms with van der Waals surface area (Å²) in [7, 11) is 1.63. The lowest BCUT2D eigenvalue weighted by Gasteiger charge is -2.46. The van der Waals surface area contributed by atoms with Crippen LogP contribution in [0.1, 0.15) is 17.0 Å². The first-order chi connectivity index (χ1) is 17.6. The lowest BCUT2D eigenvalue weighted by Crippen LogP contribution is -2.47. The zero-order valence-electron chi connectivity index (χ0n) is 20.0. The Morgan fingerprint density at radius 2 is 1.67 bits per heavy atom. The van der Waals surface area contributed by atoms with E-state index in [1.165, 1.54) is 5.56 Å². The van der Waals surface area contributed by atoms with Crippen LogP contribution >= 0.6 is 0 Å². The molecule has 0 fully saturated rings. The van der Waals surface area contributed by atoms with Gasteiger partial charge in [0.05, 0.1) is 30.5 Å². The Hall–Kier alpha value is -4.57. The van der Waals surface area contributed by atoms with Gasteiger partial charge in [-0.2, -0.15) is 15.8 Å². The van der Waals surface area contributed by atoms with Gasteiger partial charge < -0.3 is 10.5 Å². The van der Waals surface area contributed by atoms with Crippen LogP contribution in [0.2, 0.25) is 0 Å². The van der Waals surface area contributed by atoms with Gasteiger partial charge >= 0.3 is 0 Å². The van der Waals surface area contributed by atoms with Gasteiger partial charge in [-0.25, -0.2) is 0 Å². The van der Waals surface area contributed by atoms with Crippen LogP contribution in [0.25, 0.3) is 10.8 Å². The van der Waals surface area contributed by atoms with Crippen molar-refractivity contribution in [3.05, 3.63) is 101 Å². The van der Waals surface area contributed by atoms with Crippen molar-refractivity contribution in [3.8, 4) is 24.0 Å². The molecule has 36 heavy (non-hydrogen) atoms. The first kappa shape index (κ1) is 23.2. The molecular formula is C30H25N5O. The van der Waals surface area contributed by atoms with E-state index in [1.807, 2.05) is 60.7 Å². The van der Waals surface area contributed by atoms with Crippen LogP contribution in [0.15, 0.2) is 89.6 Å². The first-order valence-corrected chi connectivity index (χ1v) is 11.8. The quantitative estimate of drug-likeness (QED) is 0.587. The molecule has 2 atom stereocenters. The van der Waals surface area contributed by atoms with Crippen molar-refractivity contribution in [2.45, 2.75) is 12.5 Å². The number of nitrogens with zero attached hydrogens (tertiary/aromatic N) is 4. The van der Waals surface area contributed by atoms with Crippen molar-refractivity contribution in [2.75, 3.05) is 20.2 Å². The fraction of sp³-hybridized carbons (Fsp3) is 0.233. The van der Waals surface area contributed by atoms with Gasteiger partial charge in [0.15, 0.2) is 5.41 Å². The fourth-order valence-corrected chi connectivity index (χ4v) is 5.80. The number of ether oxygens (including phenoxy) is 1. The predicted molar refractivity (Wildman–Crippen MR) is 137 cm³/mol. The minimum atomic E-state index is -1.68. The van der Waals surface area contributed by atoms with Crippen molar-refractivity contribution in [3.63, 3.8) is 0 Å². The molecule has 3 aromatic rings. The molecule has 0 saturated heterocycles. The average molecular weight is 472 g/mol. The molecule has 2 aliphatic rings. The second kappa shape index (κ2) is 9.23. The summed E-state index contributed by atoms with van der Waals surface area (Å²) in [5, 5.41) is 32.8. The number of benzene rings is 3. The maximum absolute atomic E-state index is 10.5. The summed E-state index contributed by atoms with van der Waals surface area (Å²) in [5.74, 6) is -0.109. The Morgan fingerprint density at radius 3 is 2.33 bits per heavy atom. The van der Waals surface area contributed by atoms with E-state index in [0.717, 1.165) is 34.2 Å². The zero-order valence-corrected chi connectivity index (χ0v) is 20.0. The molecule has 0 aromatic heterocycles. The Balaban J connectivity index is 1.72. The van der Waals surface area contributed by atoms with Crippen molar-refractivity contribution in [1.82, 2.24) is 4.90 Å². The van der Waals surface area contributed by atoms with Crippen LogP contribution in [0.3, 0.4) is 0 Å². The van der Waals surface area contributed by atoms with Gasteiger partial charge in [-0.3, -0.25) is 4.90 Å². The number of methoxy groups -OCH3 is 1. The van der Waals surface area contributed by atoms with E-state index < -0.39 is 11.3 Å². The Labute approximate surface area is 210 Å². The largest absolute Gasteiger partial charge is 0.496 e. The van der Waals surface area contributed by atoms with E-state index in [4.69, 9.17) is 10.5 Å². The smallest absolute Gasteiger partial charge is 0.191 e. The third kappa shape index (κ3) is 3.50. The van der Waals surface area contributed by atoms with E-state index in [0.29, 0.717) is 13.1 Å². The molecule has 3 aromatic carbocycles. The van der Waals surface area contributed by atoms with Crippen LogP contribution in [-0.2, 0) is 6.54 Å². The van der Waals surface area contributed by atoms with Gasteiger partial charge in [0, 0.05) is 36.9 Å². The monoisotopic (exact) mass is 471 g/mol. The number of hydrogen-bond donors (Lipinski definition) is 1. The average Bonchev–Trinajstić information content (AvgIpc) is 2.93. The minimum Gasteiger partial charge on any atom is -0.496 e. The lowest BCUT2D eigenvalue weighted by atomic mass is 9.57. The van der Waals surface area contributed by atoms with E-state index in [-0.39, 0.29) is 17.2 Å². The molecule has 176 valence electrons. The van der Waals surface area contributed by atoms with E-state index >= 15 is 0 Å². The van der Waals surface area contributed by atoms with Crippen LogP contribution < -0.4 is 10.5 Å². The van der Waals surface area contributed by atoms with Crippen molar-refractivity contribution in [1.29, 1.82) is 15.8 Å². The summed E-state index contributed by atoms with van der Waals surface area (Å²) in [6.07, 6.45) is 2.04. The molecule has 1 aliphatic carbocycles. The van der Waals surface area contributed by atoms with E-state index in [9.17, 15) is 15.8 Å². The molecule has 6 nitrogen and oxygen atoms in total. The maximum atomic E-state index is 10.5. The van der Waals surface area contributed by atoms with Crippen LogP contribution in [-0.4, -0.2) is 25.1 Å². The molecular weight excluding hydrogens is 446 g/mol. The highest BCUT2D eigenvalue weighted by atomic mass is 16.5. The molecule has 0 amide bonds. The maximum Gasteiger partial charge on any atom is 0.191 e. The van der Waals surface area contributed by atoms with Crippen molar-refractivity contribution in [2.24, 2.45) is 17.1 Å². The molecule has 1 aliphatic heterocycles. The highest BCUT2D eigenvalue weighted by Crippen LogP contribution is 2.55. The molecule has 0 radical (unpaired) electrons. The summed E-state index contributed by atoms with van der Waals surface area (Å²) in [5.41, 5.74) is 7.99. The number of rotatable bonds is 4. The van der Waals surface area contributed by atoms with Gasteiger partial charge in [-0.15, -0.1) is 0 Å². The number of nitriles is 3. The molecule has 0 bridgehead atoms. The third-order valence-corrected chi connectivity index (χ3v) is 7.46. The summed E-state index contributed by atoms with van der Waals surface area (Å²) in [6, 6.07) is 28.6. The molecule has 6 heteroatoms. The minimum absolute atomic E-state index is 0.0407. The van der Waals surface area contributed by atoms with Crippen LogP contribution in [0, 0.1) is 45.3 Å². The summed E-state index contributed by atoms with van der Waals surface area (Å²) >= 11 is 0. The highest BCUT2D eigenvalue weighted by Gasteiger charge is 2.54. The van der Waals surface area contributed by atoms with E-state index in [1.54, 1.807) is 7.11 Å². The molecule has 0 saturated carbocycles. The summed E-state index contributed by atoms with van der Waals surface area (Å²) < 4.78 is 5.59. The van der Waals surface area contributed by atoms with Gasteiger partial charge in [0.1, 0.15) is 11.8 Å². The van der Waals surface area contributed by atoms with Crippen molar-refractivity contribution >= 4 is 10.8 Å². The zero-order chi connectivity index (χ0) is 25.3. The summed E-state index contributed by atoms with van der Waals surface area (Å²) in [4.78, 5) is 2.29. The second-order valence-electron chi connectivity index (χ2n) is 9.26. The number of hydrogen-bond acceptors (Lipinski definition) is 6. The standard InChI is InChI=1S/C30H25N5O/c1-36-27-12-11-24(21-9-5-6-10-23(21)27)28-26-17-35(16-20-7-3-2-4-8-20)14-13-22(26)25(15-31)29(34)30(28,18-32)19-33/h2-13,26,28H,14,16-17,34H2,1H3/t26-,28+/m1/s1. The van der Waals surface area contributed by atoms with E-state index in [2.05, 4.69) is 35.2 Å². The van der Waals surface area contributed by atoms with Gasteiger partial charge in [-0.05, 0) is 28.2 Å². The number of nitrogens with two attached hydrogens (primary N) is 1. The van der Waals surface area contributed by atoms with Crippen LogP contribution in [0.5, 0.6) is 5.75 Å². The Morgan fingerprint density at radius 1 is 0.972 bits per heavy atom. The predicted octanol–water partition coefficient (Wildman–Crippen LogP) is 4.77. The second-order valence-corrected chi connectivity index (χ2v) is 9.26.